The molecule has 1 aromatic heterocycles. The summed E-state index contributed by atoms with van der Waals surface area (Å²) < 4.78 is 1.44. The third kappa shape index (κ3) is 4.79. The number of amides is 3. The van der Waals surface area contributed by atoms with E-state index in [2.05, 4.69) is 15.7 Å². The van der Waals surface area contributed by atoms with Crippen molar-refractivity contribution < 1.29 is 19.5 Å². The standard InChI is InChI=1S/C12H19N5O4/c1-4-16(2)9(18)6-13-12(21)15-10(11(19)20)8-5-14-17(3)7-8/h5,7,10H,4,6H2,1-3H3,(H,19,20)(H2,13,15,21). The van der Waals surface area contributed by atoms with E-state index < -0.39 is 18.0 Å². The first-order chi connectivity index (χ1) is 9.85. The minimum Gasteiger partial charge on any atom is -0.479 e. The van der Waals surface area contributed by atoms with E-state index in [1.54, 1.807) is 21.0 Å². The molecular formula is C12H19N5O4. The molecule has 1 unspecified atom stereocenters. The molecule has 0 aliphatic rings. The van der Waals surface area contributed by atoms with Crippen LogP contribution in [0.4, 0.5) is 4.79 Å². The number of urea groups is 1. The summed E-state index contributed by atoms with van der Waals surface area (Å²) in [7, 11) is 3.25. The summed E-state index contributed by atoms with van der Waals surface area (Å²) in [6.45, 7) is 2.13. The zero-order chi connectivity index (χ0) is 16.0. The fraction of sp³-hybridized carbons (Fsp3) is 0.500. The van der Waals surface area contributed by atoms with Crippen LogP contribution in [-0.2, 0) is 16.6 Å². The quantitative estimate of drug-likeness (QED) is 0.643. The fourth-order valence-corrected chi connectivity index (χ4v) is 1.53. The predicted molar refractivity (Wildman–Crippen MR) is 73.4 cm³/mol. The molecule has 1 atom stereocenters. The highest BCUT2D eigenvalue weighted by Crippen LogP contribution is 2.11. The van der Waals surface area contributed by atoms with Gasteiger partial charge in [-0.15, -0.1) is 0 Å². The molecule has 0 aromatic carbocycles. The van der Waals surface area contributed by atoms with E-state index in [1.807, 2.05) is 0 Å². The van der Waals surface area contributed by atoms with Gasteiger partial charge in [0.15, 0.2) is 6.04 Å². The molecule has 116 valence electrons. The lowest BCUT2D eigenvalue weighted by atomic mass is 10.1. The van der Waals surface area contributed by atoms with Crippen LogP contribution in [0.5, 0.6) is 0 Å². The second-order valence-corrected chi connectivity index (χ2v) is 4.45. The van der Waals surface area contributed by atoms with Gasteiger partial charge in [-0.3, -0.25) is 9.48 Å². The first kappa shape index (κ1) is 16.5. The van der Waals surface area contributed by atoms with Gasteiger partial charge in [0.2, 0.25) is 5.91 Å². The van der Waals surface area contributed by atoms with Crippen LogP contribution in [-0.4, -0.2) is 57.8 Å². The molecule has 0 saturated heterocycles. The lowest BCUT2D eigenvalue weighted by Gasteiger charge is -2.16. The second kappa shape index (κ2) is 7.27. The Hall–Kier alpha value is -2.58. The van der Waals surface area contributed by atoms with E-state index in [0.717, 1.165) is 0 Å². The Morgan fingerprint density at radius 1 is 1.48 bits per heavy atom. The van der Waals surface area contributed by atoms with Crippen molar-refractivity contribution in [1.29, 1.82) is 0 Å². The summed E-state index contributed by atoms with van der Waals surface area (Å²) in [5.41, 5.74) is 0.345. The van der Waals surface area contributed by atoms with E-state index in [1.165, 1.54) is 22.0 Å². The van der Waals surface area contributed by atoms with Crippen LogP contribution in [0.3, 0.4) is 0 Å². The van der Waals surface area contributed by atoms with Crippen LogP contribution in [0.2, 0.25) is 0 Å². The Kier molecular flexibility index (Phi) is 5.70. The molecule has 1 rings (SSSR count). The molecule has 3 amide bonds. The number of carboxylic acids is 1. The highest BCUT2D eigenvalue weighted by Gasteiger charge is 2.23. The molecule has 0 bridgehead atoms. The van der Waals surface area contributed by atoms with Crippen molar-refractivity contribution in [3.63, 3.8) is 0 Å². The molecule has 1 aromatic rings. The van der Waals surface area contributed by atoms with Crippen molar-refractivity contribution in [2.75, 3.05) is 20.1 Å². The molecule has 9 heteroatoms. The number of aryl methyl sites for hydroxylation is 1. The molecule has 3 N–H and O–H groups in total. The van der Waals surface area contributed by atoms with Crippen LogP contribution in [0.25, 0.3) is 0 Å². The highest BCUT2D eigenvalue weighted by atomic mass is 16.4. The lowest BCUT2D eigenvalue weighted by molar-refractivity contribution is -0.139. The zero-order valence-electron chi connectivity index (χ0n) is 12.2. The third-order valence-corrected chi connectivity index (χ3v) is 2.88. The number of hydrogen-bond donors (Lipinski definition) is 3. The highest BCUT2D eigenvalue weighted by molar-refractivity contribution is 5.87. The molecule has 21 heavy (non-hydrogen) atoms. The molecule has 0 radical (unpaired) electrons. The van der Waals surface area contributed by atoms with Crippen LogP contribution >= 0.6 is 0 Å². The number of aromatic nitrogens is 2. The van der Waals surface area contributed by atoms with Crippen LogP contribution in [0.1, 0.15) is 18.5 Å². The van der Waals surface area contributed by atoms with Gasteiger partial charge in [0.1, 0.15) is 0 Å². The van der Waals surface area contributed by atoms with Gasteiger partial charge in [-0.25, -0.2) is 9.59 Å². The monoisotopic (exact) mass is 297 g/mol. The molecule has 0 fully saturated rings. The number of hydrogen-bond acceptors (Lipinski definition) is 4. The van der Waals surface area contributed by atoms with Gasteiger partial charge < -0.3 is 20.6 Å². The summed E-state index contributed by atoms with van der Waals surface area (Å²) >= 11 is 0. The number of aliphatic carboxylic acids is 1. The van der Waals surface area contributed by atoms with Crippen LogP contribution in [0, 0.1) is 0 Å². The van der Waals surface area contributed by atoms with Crippen molar-refractivity contribution in [3.8, 4) is 0 Å². The number of likely N-dealkylation sites (N-methyl/N-ethyl adjacent to an activating group) is 1. The van der Waals surface area contributed by atoms with Crippen molar-refractivity contribution in [2.45, 2.75) is 13.0 Å². The smallest absolute Gasteiger partial charge is 0.331 e. The molecule has 0 aliphatic carbocycles. The number of rotatable bonds is 6. The first-order valence-corrected chi connectivity index (χ1v) is 6.34. The van der Waals surface area contributed by atoms with Crippen molar-refractivity contribution in [2.24, 2.45) is 7.05 Å². The van der Waals surface area contributed by atoms with E-state index >= 15 is 0 Å². The minimum atomic E-state index is -1.22. The van der Waals surface area contributed by atoms with E-state index in [-0.39, 0.29) is 12.5 Å². The average molecular weight is 297 g/mol. The average Bonchev–Trinajstić information content (AvgIpc) is 2.86. The van der Waals surface area contributed by atoms with Gasteiger partial charge in [0.05, 0.1) is 12.7 Å². The summed E-state index contributed by atoms with van der Waals surface area (Å²) in [4.78, 5) is 35.8. The Bertz CT molecular complexity index is 527. The number of carboxylic acid groups (broad SMARTS) is 1. The summed E-state index contributed by atoms with van der Waals surface area (Å²) in [6.07, 6.45) is 2.85. The van der Waals surface area contributed by atoms with Crippen molar-refractivity contribution in [1.82, 2.24) is 25.3 Å². The van der Waals surface area contributed by atoms with Crippen molar-refractivity contribution in [3.05, 3.63) is 18.0 Å². The van der Waals surface area contributed by atoms with Gasteiger partial charge in [-0.1, -0.05) is 0 Å². The number of nitrogens with zero attached hydrogens (tertiary/aromatic N) is 3. The molecule has 0 saturated carbocycles. The van der Waals surface area contributed by atoms with E-state index in [4.69, 9.17) is 5.11 Å². The molecule has 1 heterocycles. The first-order valence-electron chi connectivity index (χ1n) is 6.34. The van der Waals surface area contributed by atoms with E-state index in [9.17, 15) is 14.4 Å². The molecule has 0 spiro atoms. The Balaban J connectivity index is 2.58. The normalized spacial score (nSPS) is 11.6. The molecule has 9 nitrogen and oxygen atoms in total. The lowest BCUT2D eigenvalue weighted by Crippen LogP contribution is -2.45. The molecular weight excluding hydrogens is 278 g/mol. The van der Waals surface area contributed by atoms with Crippen molar-refractivity contribution >= 4 is 17.9 Å². The number of carbonyl (C=O) groups is 3. The van der Waals surface area contributed by atoms with Gasteiger partial charge in [-0.05, 0) is 6.92 Å². The van der Waals surface area contributed by atoms with Gasteiger partial charge >= 0.3 is 12.0 Å². The summed E-state index contributed by atoms with van der Waals surface area (Å²) in [5, 5.41) is 17.6. The number of carbonyl (C=O) groups excluding carboxylic acids is 2. The van der Waals surface area contributed by atoms with Crippen LogP contribution < -0.4 is 10.6 Å². The minimum absolute atomic E-state index is 0.199. The maximum atomic E-state index is 11.7. The molecule has 0 aliphatic heterocycles. The summed E-state index contributed by atoms with van der Waals surface area (Å²) in [6, 6.07) is -1.96. The third-order valence-electron chi connectivity index (χ3n) is 2.88. The van der Waals surface area contributed by atoms with Gasteiger partial charge in [-0.2, -0.15) is 5.10 Å². The van der Waals surface area contributed by atoms with Gasteiger partial charge in [0, 0.05) is 32.4 Å². The van der Waals surface area contributed by atoms with Crippen LogP contribution in [0.15, 0.2) is 12.4 Å². The zero-order valence-corrected chi connectivity index (χ0v) is 12.2. The summed E-state index contributed by atoms with van der Waals surface area (Å²) in [5.74, 6) is -1.48. The Morgan fingerprint density at radius 3 is 2.62 bits per heavy atom. The van der Waals surface area contributed by atoms with Gasteiger partial charge in [0.25, 0.3) is 0 Å². The van der Waals surface area contributed by atoms with E-state index in [0.29, 0.717) is 12.1 Å². The maximum absolute atomic E-state index is 11.7. The topological polar surface area (TPSA) is 117 Å². The maximum Gasteiger partial charge on any atom is 0.331 e. The second-order valence-electron chi connectivity index (χ2n) is 4.45. The Labute approximate surface area is 121 Å². The SMILES string of the molecule is CCN(C)C(=O)CNC(=O)NC(C(=O)O)c1cnn(C)c1. The predicted octanol–water partition coefficient (Wildman–Crippen LogP) is -0.677. The Morgan fingerprint density at radius 2 is 2.14 bits per heavy atom. The largest absolute Gasteiger partial charge is 0.479 e. The number of nitrogens with one attached hydrogen (secondary N) is 2. The fourth-order valence-electron chi connectivity index (χ4n) is 1.53.